The summed E-state index contributed by atoms with van der Waals surface area (Å²) < 4.78 is 1.26. The monoisotopic (exact) mass is 310 g/mol. The Hall–Kier alpha value is -2.69. The van der Waals surface area contributed by atoms with Crippen molar-refractivity contribution in [3.63, 3.8) is 0 Å². The molecule has 0 atom stereocenters. The second kappa shape index (κ2) is 5.19. The van der Waals surface area contributed by atoms with Crippen molar-refractivity contribution >= 4 is 18.1 Å². The number of pyridine rings is 2. The summed E-state index contributed by atoms with van der Waals surface area (Å²) in [5.41, 5.74) is 1.92. The average molecular weight is 310 g/mol. The van der Waals surface area contributed by atoms with E-state index in [0.29, 0.717) is 28.1 Å². The largest absolute Gasteiger partial charge is 0.507 e. The molecule has 2 aromatic heterocycles. The van der Waals surface area contributed by atoms with Crippen molar-refractivity contribution in [2.75, 3.05) is 0 Å². The third-order valence-electron chi connectivity index (χ3n) is 4.21. The fourth-order valence-electron chi connectivity index (χ4n) is 3.17. The fourth-order valence-corrected chi connectivity index (χ4v) is 3.17. The summed E-state index contributed by atoms with van der Waals surface area (Å²) in [6.07, 6.45) is 1.58. The van der Waals surface area contributed by atoms with Gasteiger partial charge in [-0.25, -0.2) is 4.98 Å². The zero-order valence-corrected chi connectivity index (χ0v) is 13.4. The molecule has 5 nitrogen and oxygen atoms in total. The number of carbonyl (C=O) groups is 1. The first-order valence-electron chi connectivity index (χ1n) is 7.54. The van der Waals surface area contributed by atoms with Gasteiger partial charge in [0.05, 0.1) is 10.6 Å². The van der Waals surface area contributed by atoms with E-state index in [0.717, 1.165) is 12.0 Å². The number of nitrogens with zero attached hydrogens (tertiary/aromatic N) is 2. The van der Waals surface area contributed by atoms with E-state index in [1.807, 2.05) is 6.92 Å². The molecule has 0 fully saturated rings. The van der Waals surface area contributed by atoms with Crippen LogP contribution in [0.25, 0.3) is 12.3 Å². The third kappa shape index (κ3) is 2.11. The van der Waals surface area contributed by atoms with E-state index in [9.17, 15) is 14.7 Å². The first-order chi connectivity index (χ1) is 10.9. The van der Waals surface area contributed by atoms with Crippen molar-refractivity contribution in [1.29, 1.82) is 0 Å². The van der Waals surface area contributed by atoms with E-state index >= 15 is 0 Å². The summed E-state index contributed by atoms with van der Waals surface area (Å²) in [5, 5.41) is 11.8. The maximum absolute atomic E-state index is 12.9. The lowest BCUT2D eigenvalue weighted by Gasteiger charge is -2.20. The Labute approximate surface area is 133 Å². The predicted molar refractivity (Wildman–Crippen MR) is 88.0 cm³/mol. The van der Waals surface area contributed by atoms with Crippen molar-refractivity contribution in [3.8, 4) is 0 Å². The van der Waals surface area contributed by atoms with Crippen LogP contribution in [-0.2, 0) is 13.5 Å². The van der Waals surface area contributed by atoms with Crippen LogP contribution in [0.2, 0.25) is 0 Å². The number of carbonyl (C=O) groups excluding carboxylic acids is 1. The minimum Gasteiger partial charge on any atom is -0.507 e. The number of ketones is 1. The Bertz CT molecular complexity index is 1020. The van der Waals surface area contributed by atoms with E-state index < -0.39 is 0 Å². The van der Waals surface area contributed by atoms with E-state index in [4.69, 9.17) is 0 Å². The Morgan fingerprint density at radius 3 is 2.65 bits per heavy atom. The topological polar surface area (TPSA) is 72.2 Å². The minimum atomic E-state index is -0.348. The number of aliphatic hydroxyl groups is 1. The highest BCUT2D eigenvalue weighted by atomic mass is 16.3. The van der Waals surface area contributed by atoms with Crippen molar-refractivity contribution in [1.82, 2.24) is 9.55 Å². The normalized spacial score (nSPS) is 13.0. The van der Waals surface area contributed by atoms with Crippen molar-refractivity contribution in [3.05, 3.63) is 61.1 Å². The molecule has 0 amide bonds. The number of aliphatic hydroxyl groups excluding tert-OH is 1. The zero-order valence-electron chi connectivity index (χ0n) is 13.4. The molecule has 0 saturated heterocycles. The van der Waals surface area contributed by atoms with Gasteiger partial charge in [0.1, 0.15) is 17.1 Å². The Balaban J connectivity index is 2.57. The number of aryl methyl sites for hydroxylation is 2. The summed E-state index contributed by atoms with van der Waals surface area (Å²) in [6.45, 7) is 7.57. The van der Waals surface area contributed by atoms with Crippen molar-refractivity contribution < 1.29 is 9.90 Å². The lowest BCUT2D eigenvalue weighted by atomic mass is 9.90. The lowest BCUT2D eigenvalue weighted by molar-refractivity contribution is 0.102. The third-order valence-corrected chi connectivity index (χ3v) is 4.21. The second-order valence-electron chi connectivity index (χ2n) is 5.87. The zero-order chi connectivity index (χ0) is 16.9. The van der Waals surface area contributed by atoms with Gasteiger partial charge in [0.15, 0.2) is 0 Å². The molecule has 1 N–H and O–H groups in total. The molecule has 0 aromatic carbocycles. The smallest absolute Gasteiger partial charge is 0.251 e. The van der Waals surface area contributed by atoms with Gasteiger partial charge in [0.25, 0.3) is 5.56 Å². The molecule has 0 bridgehead atoms. The second-order valence-corrected chi connectivity index (χ2v) is 5.87. The molecule has 2 aromatic rings. The van der Waals surface area contributed by atoms with E-state index in [1.165, 1.54) is 17.7 Å². The van der Waals surface area contributed by atoms with Crippen LogP contribution < -0.4 is 16.1 Å². The van der Waals surface area contributed by atoms with Gasteiger partial charge >= 0.3 is 0 Å². The van der Waals surface area contributed by atoms with Gasteiger partial charge in [-0.15, -0.1) is 0 Å². The number of aromatic nitrogens is 2. The molecule has 1 aliphatic rings. The lowest BCUT2D eigenvalue weighted by Crippen LogP contribution is -2.38. The van der Waals surface area contributed by atoms with Gasteiger partial charge in [0.2, 0.25) is 5.78 Å². The first kappa shape index (κ1) is 15.2. The van der Waals surface area contributed by atoms with Crippen molar-refractivity contribution in [2.24, 2.45) is 7.05 Å². The van der Waals surface area contributed by atoms with Crippen LogP contribution in [0.3, 0.4) is 0 Å². The molecule has 0 radical (unpaired) electrons. The fraction of sp³-hybridized carbons (Fsp3) is 0.278. The highest BCUT2D eigenvalue weighted by Crippen LogP contribution is 2.23. The number of hydrogen-bond acceptors (Lipinski definition) is 4. The molecule has 23 heavy (non-hydrogen) atoms. The van der Waals surface area contributed by atoms with Crippen LogP contribution in [0.5, 0.6) is 0 Å². The number of rotatable bonds is 2. The molecule has 0 unspecified atom stereocenters. The summed E-state index contributed by atoms with van der Waals surface area (Å²) in [6, 6.07) is 3.23. The first-order valence-corrected chi connectivity index (χ1v) is 7.54. The molecule has 2 heterocycles. The summed E-state index contributed by atoms with van der Waals surface area (Å²) in [4.78, 5) is 29.1. The van der Waals surface area contributed by atoms with Gasteiger partial charge in [0, 0.05) is 18.7 Å². The number of hydrogen-bond donors (Lipinski definition) is 1. The van der Waals surface area contributed by atoms with E-state index in [2.05, 4.69) is 11.6 Å². The summed E-state index contributed by atoms with van der Waals surface area (Å²) >= 11 is 0. The van der Waals surface area contributed by atoms with Gasteiger partial charge in [-0.1, -0.05) is 19.9 Å². The van der Waals surface area contributed by atoms with Gasteiger partial charge in [-0.3, -0.25) is 9.59 Å². The summed E-state index contributed by atoms with van der Waals surface area (Å²) in [5.74, 6) is -0.336. The standard InChI is InChI=1S/C18H18N2O3/c1-5-6-11-8-10(3)19-15-14(11)17(22)13-9(2)7-12(21)20(4)16(13)18(15)23/h7-8,22H,3,5-6H2,1-2,4H3. The Kier molecular flexibility index (Phi) is 3.43. The highest BCUT2D eigenvalue weighted by Gasteiger charge is 2.30. The van der Waals surface area contributed by atoms with E-state index in [1.54, 1.807) is 13.0 Å². The minimum absolute atomic E-state index is 0.0126. The van der Waals surface area contributed by atoms with Crippen LogP contribution in [0.4, 0.5) is 0 Å². The molecule has 118 valence electrons. The maximum Gasteiger partial charge on any atom is 0.251 e. The Morgan fingerprint density at radius 2 is 2.00 bits per heavy atom. The predicted octanol–water partition coefficient (Wildman–Crippen LogP) is 0.710. The SMILES string of the molecule is C=c1cc(CCC)c2c(n1)C(=O)c1c(c(C)cc(=O)n1C)C=2O. The van der Waals surface area contributed by atoms with Gasteiger partial charge in [-0.2, -0.15) is 0 Å². The van der Waals surface area contributed by atoms with Crippen LogP contribution in [0.15, 0.2) is 16.9 Å². The molecular weight excluding hydrogens is 292 g/mol. The molecule has 0 saturated carbocycles. The molecule has 1 aliphatic carbocycles. The van der Waals surface area contributed by atoms with E-state index in [-0.39, 0.29) is 28.5 Å². The van der Waals surface area contributed by atoms with Crippen LogP contribution in [0, 0.1) is 6.92 Å². The van der Waals surface area contributed by atoms with Crippen LogP contribution in [-0.4, -0.2) is 20.4 Å². The van der Waals surface area contributed by atoms with Crippen molar-refractivity contribution in [2.45, 2.75) is 26.7 Å². The Morgan fingerprint density at radius 1 is 1.30 bits per heavy atom. The number of fused-ring (bicyclic) bond motifs is 2. The molecular formula is C18H18N2O3. The highest BCUT2D eigenvalue weighted by molar-refractivity contribution is 6.12. The molecule has 0 spiro atoms. The van der Waals surface area contributed by atoms with Crippen LogP contribution >= 0.6 is 0 Å². The quantitative estimate of drug-likeness (QED) is 0.887. The molecule has 5 heteroatoms. The molecule has 0 aliphatic heterocycles. The van der Waals surface area contributed by atoms with Gasteiger partial charge < -0.3 is 9.67 Å². The van der Waals surface area contributed by atoms with Gasteiger partial charge in [-0.05, 0) is 30.5 Å². The maximum atomic E-state index is 12.9. The average Bonchev–Trinajstić information content (AvgIpc) is 2.48. The molecule has 3 rings (SSSR count). The van der Waals surface area contributed by atoms with Crippen LogP contribution in [0.1, 0.15) is 46.2 Å². The summed E-state index contributed by atoms with van der Waals surface area (Å²) in [7, 11) is 1.53.